The Morgan fingerprint density at radius 1 is 1.19 bits per heavy atom. The lowest BCUT2D eigenvalue weighted by molar-refractivity contribution is -0.153. The number of rotatable bonds is 2. The highest BCUT2D eigenvalue weighted by molar-refractivity contribution is 5.79. The predicted octanol–water partition coefficient (Wildman–Crippen LogP) is 4.06. The van der Waals surface area contributed by atoms with Crippen molar-refractivity contribution in [2.45, 2.75) is 84.8 Å². The summed E-state index contributed by atoms with van der Waals surface area (Å²) in [5, 5.41) is 11.3. The number of hydrogen-bond acceptors (Lipinski definition) is 4. The minimum Gasteiger partial charge on any atom is -0.462 e. The van der Waals surface area contributed by atoms with Crippen molar-refractivity contribution >= 4 is 11.8 Å². The Balaban J connectivity index is 1.64. The number of ether oxygens (including phenoxy) is 1. The maximum atomic E-state index is 12.3. The van der Waals surface area contributed by atoms with Gasteiger partial charge in [-0.3, -0.25) is 9.59 Å². The smallest absolute Gasteiger partial charge is 0.302 e. The molecule has 3 fully saturated rings. The van der Waals surface area contributed by atoms with Gasteiger partial charge in [0, 0.05) is 19.3 Å². The molecule has 0 aromatic rings. The molecule has 1 N–H and O–H groups in total. The van der Waals surface area contributed by atoms with E-state index < -0.39 is 0 Å². The van der Waals surface area contributed by atoms with Gasteiger partial charge in [-0.25, -0.2) is 0 Å². The number of esters is 1. The molecule has 150 valence electrons. The Bertz CT molecular complexity index is 682. The fraction of sp³-hybridized carbons (Fsp3) is 0.826. The maximum Gasteiger partial charge on any atom is 0.302 e. The summed E-state index contributed by atoms with van der Waals surface area (Å²) in [6.45, 7) is 7.79. The first-order chi connectivity index (χ1) is 12.7. The zero-order chi connectivity index (χ0) is 19.6. The number of fused-ring (bicyclic) bond motifs is 5. The first kappa shape index (κ1) is 19.2. The van der Waals surface area contributed by atoms with Crippen molar-refractivity contribution < 1.29 is 19.4 Å². The molecule has 0 radical (unpaired) electrons. The normalized spacial score (nSPS) is 48.7. The summed E-state index contributed by atoms with van der Waals surface area (Å²) in [6.07, 6.45) is 8.51. The highest BCUT2D eigenvalue weighted by Crippen LogP contribution is 2.66. The third-order valence-corrected chi connectivity index (χ3v) is 8.81. The van der Waals surface area contributed by atoms with Gasteiger partial charge in [-0.05, 0) is 74.0 Å². The van der Waals surface area contributed by atoms with Gasteiger partial charge in [-0.2, -0.15) is 0 Å². The van der Waals surface area contributed by atoms with Gasteiger partial charge in [-0.1, -0.05) is 25.5 Å². The molecule has 4 aliphatic carbocycles. The van der Waals surface area contributed by atoms with E-state index in [2.05, 4.69) is 19.9 Å². The lowest BCUT2D eigenvalue weighted by Crippen LogP contribution is -2.56. The Labute approximate surface area is 162 Å². The van der Waals surface area contributed by atoms with Crippen LogP contribution in [0.1, 0.15) is 72.6 Å². The average Bonchev–Trinajstić information content (AvgIpc) is 2.91. The largest absolute Gasteiger partial charge is 0.462 e. The third-order valence-electron chi connectivity index (χ3n) is 8.81. The van der Waals surface area contributed by atoms with Crippen molar-refractivity contribution in [3.8, 4) is 0 Å². The van der Waals surface area contributed by atoms with Crippen LogP contribution in [0.4, 0.5) is 0 Å². The van der Waals surface area contributed by atoms with Crippen LogP contribution < -0.4 is 0 Å². The molecule has 8 atom stereocenters. The summed E-state index contributed by atoms with van der Waals surface area (Å²) in [5.41, 5.74) is 1.32. The van der Waals surface area contributed by atoms with E-state index in [0.717, 1.165) is 44.9 Å². The first-order valence-corrected chi connectivity index (χ1v) is 10.7. The molecule has 2 unspecified atom stereocenters. The molecular weight excluding hydrogens is 340 g/mol. The minimum absolute atomic E-state index is 0.00533. The molecule has 0 aromatic heterocycles. The summed E-state index contributed by atoms with van der Waals surface area (Å²) >= 11 is 0. The van der Waals surface area contributed by atoms with Crippen molar-refractivity contribution in [2.24, 2.45) is 34.5 Å². The van der Waals surface area contributed by atoms with Gasteiger partial charge in [0.2, 0.25) is 0 Å². The molecule has 0 bridgehead atoms. The fourth-order valence-electron chi connectivity index (χ4n) is 7.76. The third kappa shape index (κ3) is 2.82. The van der Waals surface area contributed by atoms with Crippen LogP contribution in [0.2, 0.25) is 0 Å². The van der Waals surface area contributed by atoms with Crippen LogP contribution in [0.15, 0.2) is 11.6 Å². The second-order valence-corrected chi connectivity index (χ2v) is 10.2. The van der Waals surface area contributed by atoms with Crippen molar-refractivity contribution in [3.63, 3.8) is 0 Å². The van der Waals surface area contributed by atoms with Crippen molar-refractivity contribution in [1.29, 1.82) is 0 Å². The van der Waals surface area contributed by atoms with Crippen LogP contribution >= 0.6 is 0 Å². The number of hydrogen-bond donors (Lipinski definition) is 1. The molecular formula is C23H34O4. The monoisotopic (exact) mass is 374 g/mol. The number of ketones is 1. The summed E-state index contributed by atoms with van der Waals surface area (Å²) in [4.78, 5) is 23.6. The highest BCUT2D eigenvalue weighted by Gasteiger charge is 2.62. The van der Waals surface area contributed by atoms with Crippen LogP contribution in [0, 0.1) is 34.5 Å². The summed E-state index contributed by atoms with van der Waals surface area (Å²) in [7, 11) is 0. The standard InChI is InChI=1S/C23H34O4/c1-13(24)18-7-8-19-17-6-5-15-11-16(27-14(2)25)9-10-22(15,3)21(17)20(26)12-23(18,19)4/h5,16-21,26H,6-12H2,1-4H3/t16?,17-,18+,19-,20?,21+,22-,23+/m0/s1. The molecule has 3 saturated carbocycles. The molecule has 4 heteroatoms. The molecule has 4 rings (SSSR count). The van der Waals surface area contributed by atoms with Crippen LogP contribution in [-0.2, 0) is 14.3 Å². The highest BCUT2D eigenvalue weighted by atomic mass is 16.5. The minimum atomic E-state index is -0.352. The zero-order valence-corrected chi connectivity index (χ0v) is 17.2. The van der Waals surface area contributed by atoms with Gasteiger partial charge < -0.3 is 9.84 Å². The zero-order valence-electron chi connectivity index (χ0n) is 17.2. The number of carbonyl (C=O) groups excluding carboxylic acids is 2. The summed E-state index contributed by atoms with van der Waals surface area (Å²) in [5.74, 6) is 1.46. The van der Waals surface area contributed by atoms with Gasteiger partial charge in [0.15, 0.2) is 0 Å². The van der Waals surface area contributed by atoms with Crippen LogP contribution in [-0.4, -0.2) is 29.1 Å². The second-order valence-electron chi connectivity index (χ2n) is 10.2. The number of carbonyl (C=O) groups is 2. The first-order valence-electron chi connectivity index (χ1n) is 10.7. The fourth-order valence-corrected chi connectivity index (χ4v) is 7.76. The Morgan fingerprint density at radius 2 is 1.93 bits per heavy atom. The molecule has 0 heterocycles. The molecule has 0 aliphatic heterocycles. The van der Waals surface area contributed by atoms with Crippen LogP contribution in [0.25, 0.3) is 0 Å². The van der Waals surface area contributed by atoms with Gasteiger partial charge in [0.05, 0.1) is 6.10 Å². The van der Waals surface area contributed by atoms with Gasteiger partial charge >= 0.3 is 5.97 Å². The Morgan fingerprint density at radius 3 is 2.59 bits per heavy atom. The van der Waals surface area contributed by atoms with E-state index in [9.17, 15) is 14.7 Å². The number of Topliss-reactive ketones (excluding diaryl/α,β-unsaturated/α-hetero) is 1. The lowest BCUT2D eigenvalue weighted by atomic mass is 9.46. The van der Waals surface area contributed by atoms with E-state index in [4.69, 9.17) is 4.74 Å². The Kier molecular flexibility index (Phi) is 4.57. The number of aliphatic hydroxyl groups is 1. The summed E-state index contributed by atoms with van der Waals surface area (Å²) in [6, 6.07) is 0. The predicted molar refractivity (Wildman–Crippen MR) is 103 cm³/mol. The summed E-state index contributed by atoms with van der Waals surface area (Å²) < 4.78 is 5.49. The molecule has 4 aliphatic rings. The molecule has 0 amide bonds. The molecule has 0 saturated heterocycles. The second kappa shape index (κ2) is 6.43. The van der Waals surface area contributed by atoms with E-state index >= 15 is 0 Å². The van der Waals surface area contributed by atoms with E-state index in [1.54, 1.807) is 6.92 Å². The van der Waals surface area contributed by atoms with Gasteiger partial charge in [0.1, 0.15) is 11.9 Å². The van der Waals surface area contributed by atoms with Crippen molar-refractivity contribution in [1.82, 2.24) is 0 Å². The van der Waals surface area contributed by atoms with Crippen LogP contribution in [0.5, 0.6) is 0 Å². The number of aliphatic hydroxyl groups excluding tert-OH is 1. The topological polar surface area (TPSA) is 63.6 Å². The Hall–Kier alpha value is -1.16. The van der Waals surface area contributed by atoms with Crippen LogP contribution in [0.3, 0.4) is 0 Å². The maximum absolute atomic E-state index is 12.3. The SMILES string of the molecule is CC(=O)OC1CC[C@@]2(C)C(=CC[C@H]3[C@@H]4CC[C@H](C(C)=O)[C@@]4(C)CC(O)[C@@H]32)C1. The van der Waals surface area contributed by atoms with E-state index in [1.165, 1.54) is 12.5 Å². The van der Waals surface area contributed by atoms with Crippen molar-refractivity contribution in [2.75, 3.05) is 0 Å². The van der Waals surface area contributed by atoms with E-state index in [1.807, 2.05) is 0 Å². The van der Waals surface area contributed by atoms with E-state index in [0.29, 0.717) is 17.6 Å². The lowest BCUT2D eigenvalue weighted by Gasteiger charge is -2.59. The molecule has 4 nitrogen and oxygen atoms in total. The molecule has 27 heavy (non-hydrogen) atoms. The molecule has 0 spiro atoms. The average molecular weight is 375 g/mol. The number of allylic oxidation sites excluding steroid dienone is 1. The van der Waals surface area contributed by atoms with Gasteiger partial charge in [0.25, 0.3) is 0 Å². The van der Waals surface area contributed by atoms with Crippen molar-refractivity contribution in [3.05, 3.63) is 11.6 Å². The van der Waals surface area contributed by atoms with E-state index in [-0.39, 0.29) is 40.8 Å². The molecule has 0 aromatic carbocycles. The van der Waals surface area contributed by atoms with Gasteiger partial charge in [-0.15, -0.1) is 0 Å². The quantitative estimate of drug-likeness (QED) is 0.585.